The van der Waals surface area contributed by atoms with Crippen molar-refractivity contribution in [1.82, 2.24) is 72.8 Å². The van der Waals surface area contributed by atoms with E-state index in [4.69, 9.17) is 128 Å². The van der Waals surface area contributed by atoms with Gasteiger partial charge in [0.05, 0.1) is 38.7 Å². The Morgan fingerprint density at radius 1 is 0.330 bits per heavy atom. The first-order chi connectivity index (χ1) is 55.3. The molecule has 0 aliphatic carbocycles. The SMILES string of the molecule is CCN(Cc1ccccc1)Cc1nccn1Cc1cc(Cl)cc(Cl)c1.CN(Cc1ccccc1)Cc1nccn1Cc1cc(Cl)cc(Cl)c1.Cl.ClCc1nccn1Cc1cc(Cl)cc(Cl)c1.Clc1cc(Cl)cc(Cn2ccnc2CNCc2cccnc2)c1.OCCN(Cc1ccccc1)Cc1nccn1Cc1cc(Cl)cc(Cl)c1. The predicted molar refractivity (Wildman–Crippen MR) is 476 cm³/mol. The number of aliphatic hydroxyl groups excluding tert-OH is 1. The van der Waals surface area contributed by atoms with Gasteiger partial charge in [-0.25, -0.2) is 24.9 Å². The van der Waals surface area contributed by atoms with Crippen molar-refractivity contribution in [1.29, 1.82) is 0 Å². The van der Waals surface area contributed by atoms with Gasteiger partial charge in [-0.05, 0) is 161 Å². The zero-order chi connectivity index (χ0) is 80.6. The molecule has 0 spiro atoms. The molecule has 0 unspecified atom stereocenters. The molecular formula is C87H87Cl12N15O. The van der Waals surface area contributed by atoms with Crippen LogP contribution in [0.3, 0.4) is 0 Å². The maximum Gasteiger partial charge on any atom is 0.123 e. The van der Waals surface area contributed by atoms with Gasteiger partial charge in [-0.3, -0.25) is 19.7 Å². The Morgan fingerprint density at radius 2 is 0.635 bits per heavy atom. The Bertz CT molecular complexity index is 5100. The van der Waals surface area contributed by atoms with Crippen LogP contribution in [-0.4, -0.2) is 99.3 Å². The molecule has 2 N–H and O–H groups in total. The van der Waals surface area contributed by atoms with E-state index < -0.39 is 0 Å². The van der Waals surface area contributed by atoms with E-state index in [9.17, 15) is 5.11 Å². The zero-order valence-electron chi connectivity index (χ0n) is 63.2. The summed E-state index contributed by atoms with van der Waals surface area (Å²) in [5.74, 6) is 5.17. The number of nitrogens with one attached hydrogen (secondary N) is 1. The zero-order valence-corrected chi connectivity index (χ0v) is 72.3. The number of hydrogen-bond donors (Lipinski definition) is 2. The fourth-order valence-corrected chi connectivity index (χ4v) is 15.5. The molecule has 0 saturated heterocycles. The van der Waals surface area contributed by atoms with Crippen LogP contribution in [0.25, 0.3) is 0 Å². The molecule has 28 heteroatoms. The normalized spacial score (nSPS) is 11.0. The Balaban J connectivity index is 0.000000165. The smallest absolute Gasteiger partial charge is 0.123 e. The fraction of sp³-hybridized carbons (Fsp3) is 0.218. The molecule has 6 aromatic heterocycles. The van der Waals surface area contributed by atoms with E-state index in [2.05, 4.69) is 143 Å². The molecule has 115 heavy (non-hydrogen) atoms. The van der Waals surface area contributed by atoms with E-state index in [-0.39, 0.29) is 19.0 Å². The number of imidazole rings is 5. The molecule has 0 aliphatic heterocycles. The number of aliphatic hydroxyl groups is 1. The van der Waals surface area contributed by atoms with Crippen molar-refractivity contribution in [3.63, 3.8) is 0 Å². The van der Waals surface area contributed by atoms with Crippen molar-refractivity contribution >= 4 is 140 Å². The lowest BCUT2D eigenvalue weighted by molar-refractivity contribution is 0.180. The molecule has 0 amide bonds. The molecule has 0 aliphatic rings. The van der Waals surface area contributed by atoms with E-state index in [1.54, 1.807) is 55.1 Å². The summed E-state index contributed by atoms with van der Waals surface area (Å²) in [5.41, 5.74) is 10.2. The highest BCUT2D eigenvalue weighted by molar-refractivity contribution is 6.37. The maximum absolute atomic E-state index is 9.41. The first-order valence-corrected chi connectivity index (χ1v) is 40.8. The minimum absolute atomic E-state index is 0. The van der Waals surface area contributed by atoms with E-state index >= 15 is 0 Å². The highest BCUT2D eigenvalue weighted by Crippen LogP contribution is 2.27. The summed E-state index contributed by atoms with van der Waals surface area (Å²) in [5, 5.41) is 19.2. The third-order valence-electron chi connectivity index (χ3n) is 17.6. The van der Waals surface area contributed by atoms with Gasteiger partial charge >= 0.3 is 0 Å². The third-order valence-corrected chi connectivity index (χ3v) is 20.1. The largest absolute Gasteiger partial charge is 0.395 e. The summed E-state index contributed by atoms with van der Waals surface area (Å²) in [7, 11) is 2.10. The Hall–Kier alpha value is -7.76. The third kappa shape index (κ3) is 31.6. The minimum atomic E-state index is 0. The van der Waals surface area contributed by atoms with Gasteiger partial charge in [0.15, 0.2) is 0 Å². The average Bonchev–Trinajstić information content (AvgIpc) is 1.76. The second-order valence-corrected chi connectivity index (χ2v) is 31.3. The fourth-order valence-electron chi connectivity index (χ4n) is 12.4. The molecule has 16 nitrogen and oxygen atoms in total. The molecule has 0 radical (unpaired) electrons. The summed E-state index contributed by atoms with van der Waals surface area (Å²) < 4.78 is 10.4. The number of benzene rings is 8. The van der Waals surface area contributed by atoms with Crippen LogP contribution in [0.1, 0.15) is 86.1 Å². The van der Waals surface area contributed by atoms with Crippen LogP contribution in [0.5, 0.6) is 0 Å². The summed E-state index contributed by atoms with van der Waals surface area (Å²) in [6, 6.07) is 63.0. The lowest BCUT2D eigenvalue weighted by atomic mass is 10.2. The van der Waals surface area contributed by atoms with E-state index in [1.807, 2.05) is 157 Å². The van der Waals surface area contributed by atoms with Gasteiger partial charge in [0.1, 0.15) is 29.1 Å². The predicted octanol–water partition coefficient (Wildman–Crippen LogP) is 22.7. The second kappa shape index (κ2) is 48.2. The summed E-state index contributed by atoms with van der Waals surface area (Å²) in [4.78, 5) is 33.0. The van der Waals surface area contributed by atoms with Crippen molar-refractivity contribution in [2.24, 2.45) is 0 Å². The highest BCUT2D eigenvalue weighted by atomic mass is 35.5. The summed E-state index contributed by atoms with van der Waals surface area (Å²) >= 11 is 66.3. The number of rotatable bonds is 30. The Morgan fingerprint density at radius 3 is 0.974 bits per heavy atom. The minimum Gasteiger partial charge on any atom is -0.395 e. The Kier molecular flexibility index (Phi) is 38.2. The second-order valence-electron chi connectivity index (χ2n) is 26.7. The van der Waals surface area contributed by atoms with Crippen LogP contribution in [0, 0.1) is 0 Å². The van der Waals surface area contributed by atoms with Crippen LogP contribution in [0.15, 0.2) is 268 Å². The van der Waals surface area contributed by atoms with Gasteiger partial charge in [-0.15, -0.1) is 24.0 Å². The first kappa shape index (κ1) is 91.1. The van der Waals surface area contributed by atoms with E-state index in [0.717, 1.165) is 108 Å². The molecule has 0 atom stereocenters. The van der Waals surface area contributed by atoms with Crippen LogP contribution in [-0.2, 0) is 91.0 Å². The molecule has 14 rings (SSSR count). The van der Waals surface area contributed by atoms with Crippen molar-refractivity contribution in [3.8, 4) is 0 Å². The average molecular weight is 1780 g/mol. The van der Waals surface area contributed by atoms with Gasteiger partial charge in [0, 0.05) is 190 Å². The van der Waals surface area contributed by atoms with Crippen LogP contribution < -0.4 is 5.32 Å². The lowest BCUT2D eigenvalue weighted by Crippen LogP contribution is -2.27. The van der Waals surface area contributed by atoms with Gasteiger partial charge in [0.25, 0.3) is 0 Å². The van der Waals surface area contributed by atoms with Crippen LogP contribution >= 0.6 is 140 Å². The number of hydrogen-bond acceptors (Lipinski definition) is 11. The van der Waals surface area contributed by atoms with Gasteiger partial charge in [-0.2, -0.15) is 0 Å². The quantitative estimate of drug-likeness (QED) is 0.0415. The number of aromatic nitrogens is 11. The number of pyridine rings is 1. The van der Waals surface area contributed by atoms with Gasteiger partial charge < -0.3 is 33.3 Å². The molecular weight excluding hydrogens is 1700 g/mol. The lowest BCUT2D eigenvalue weighted by Gasteiger charge is -2.21. The van der Waals surface area contributed by atoms with Crippen LogP contribution in [0.4, 0.5) is 0 Å². The number of alkyl halides is 1. The number of halogens is 12. The molecule has 14 aromatic rings. The maximum atomic E-state index is 9.41. The number of nitrogens with zero attached hydrogens (tertiary/aromatic N) is 14. The highest BCUT2D eigenvalue weighted by Gasteiger charge is 2.16. The van der Waals surface area contributed by atoms with Crippen molar-refractivity contribution in [3.05, 3.63) is 398 Å². The standard InChI is InChI=1S/C20H21Cl2N3O.C20H21Cl2N3.C19H19Cl2N3.C17H16Cl2N4.C11H9Cl3N2.ClH/c21-18-10-17(11-19(22)12-18)14-25-7-6-23-20(25)15-24(8-9-26)13-16-4-2-1-3-5-16;1-2-24(13-16-6-4-3-5-7-16)15-20-23-8-9-25(20)14-17-10-18(21)12-19(22)11-17;1-23(12-15-5-3-2-4-6-15)14-19-22-7-8-24(19)13-16-9-17(20)11-18(21)10-16;18-15-6-14(7-16(19)8-15)12-23-5-4-22-17(23)11-21-10-13-2-1-3-20-9-13;12-6-11-15-1-2-16(11)7-8-3-9(13)5-10(14)4-8;/h1-7,10-12,26H,8-9,13-15H2;3-12H,2,13-15H2,1H3;2-11H,12-14H2,1H3;1-9,21H,10-12H2;1-5H,6-7H2;1H. The Labute approximate surface area is 734 Å². The van der Waals surface area contributed by atoms with Crippen molar-refractivity contribution in [2.75, 3.05) is 26.7 Å². The summed E-state index contributed by atoms with van der Waals surface area (Å²) in [6.07, 6.45) is 22.4. The van der Waals surface area contributed by atoms with Gasteiger partial charge in [-0.1, -0.05) is 220 Å². The monoisotopic (exact) mass is 1780 g/mol. The topological polar surface area (TPSA) is 144 Å². The molecule has 6 heterocycles. The van der Waals surface area contributed by atoms with Crippen molar-refractivity contribution in [2.45, 2.75) is 97.9 Å². The van der Waals surface area contributed by atoms with Crippen molar-refractivity contribution < 1.29 is 5.11 Å². The van der Waals surface area contributed by atoms with E-state index in [0.29, 0.717) is 108 Å². The molecule has 0 bridgehead atoms. The van der Waals surface area contributed by atoms with Crippen LogP contribution in [0.2, 0.25) is 50.2 Å². The van der Waals surface area contributed by atoms with Gasteiger partial charge in [0.2, 0.25) is 0 Å². The first-order valence-electron chi connectivity index (χ1n) is 36.5. The molecule has 0 saturated carbocycles. The molecule has 0 fully saturated rings. The molecule has 600 valence electrons. The van der Waals surface area contributed by atoms with E-state index in [1.165, 1.54) is 16.7 Å². The summed E-state index contributed by atoms with van der Waals surface area (Å²) in [6.45, 7) is 13.5. The molecule has 8 aromatic carbocycles.